The van der Waals surface area contributed by atoms with E-state index in [0.29, 0.717) is 0 Å². The van der Waals surface area contributed by atoms with E-state index < -0.39 is 0 Å². The van der Waals surface area contributed by atoms with Crippen LogP contribution in [0.4, 0.5) is 0 Å². The van der Waals surface area contributed by atoms with E-state index in [1.807, 2.05) is 44.2 Å². The largest absolute Gasteiger partial charge is 0.204 e. The molecule has 2 nitrogen and oxygen atoms in total. The van der Waals surface area contributed by atoms with Crippen molar-refractivity contribution in [2.24, 2.45) is 5.11 Å². The van der Waals surface area contributed by atoms with E-state index in [1.54, 1.807) is 0 Å². The van der Waals surface area contributed by atoms with Gasteiger partial charge in [0.2, 0.25) is 0 Å². The van der Waals surface area contributed by atoms with Crippen LogP contribution in [-0.4, -0.2) is 0 Å². The van der Waals surface area contributed by atoms with E-state index in [0.717, 1.165) is 16.8 Å². The van der Waals surface area contributed by atoms with Gasteiger partial charge in [-0.25, -0.2) is 5.53 Å². The van der Waals surface area contributed by atoms with Crippen molar-refractivity contribution in [3.05, 3.63) is 41.5 Å². The van der Waals surface area contributed by atoms with Gasteiger partial charge in [0, 0.05) is 5.56 Å². The van der Waals surface area contributed by atoms with Crippen molar-refractivity contribution >= 4 is 5.70 Å². The Hall–Kier alpha value is -1.44. The van der Waals surface area contributed by atoms with Gasteiger partial charge in [-0.1, -0.05) is 30.3 Å². The summed E-state index contributed by atoms with van der Waals surface area (Å²) in [6.45, 7) is 3.92. The summed E-state index contributed by atoms with van der Waals surface area (Å²) < 4.78 is 0. The van der Waals surface area contributed by atoms with Gasteiger partial charge in [-0.15, -0.1) is 0 Å². The summed E-state index contributed by atoms with van der Waals surface area (Å²) in [4.78, 5) is 0. The van der Waals surface area contributed by atoms with Crippen molar-refractivity contribution in [2.45, 2.75) is 13.8 Å². The van der Waals surface area contributed by atoms with Crippen molar-refractivity contribution in [3.8, 4) is 0 Å². The van der Waals surface area contributed by atoms with Crippen LogP contribution < -0.4 is 0 Å². The maximum atomic E-state index is 6.99. The van der Waals surface area contributed by atoms with Crippen LogP contribution >= 0.6 is 0 Å². The lowest BCUT2D eigenvalue weighted by Crippen LogP contribution is -1.81. The van der Waals surface area contributed by atoms with E-state index in [9.17, 15) is 0 Å². The number of rotatable bonds is 2. The average Bonchev–Trinajstić information content (AvgIpc) is 2.07. The molecule has 1 aromatic rings. The first-order valence-corrected chi connectivity index (χ1v) is 3.86. The zero-order valence-electron chi connectivity index (χ0n) is 7.33. The van der Waals surface area contributed by atoms with Gasteiger partial charge in [-0.05, 0) is 19.4 Å². The molecular formula is C10H12N2. The lowest BCUT2D eigenvalue weighted by atomic mass is 10.1. The third-order valence-electron chi connectivity index (χ3n) is 1.63. The van der Waals surface area contributed by atoms with E-state index in [4.69, 9.17) is 5.53 Å². The Kier molecular flexibility index (Phi) is 2.75. The Labute approximate surface area is 72.4 Å². The molecule has 62 valence electrons. The number of nitrogens with one attached hydrogen (secondary N) is 1. The number of hydrogen-bond acceptors (Lipinski definition) is 2. The molecule has 2 heteroatoms. The van der Waals surface area contributed by atoms with Gasteiger partial charge in [0.15, 0.2) is 0 Å². The zero-order chi connectivity index (χ0) is 8.97. The molecule has 1 N–H and O–H groups in total. The Bertz CT molecular complexity index is 295. The third-order valence-corrected chi connectivity index (χ3v) is 1.63. The van der Waals surface area contributed by atoms with Crippen LogP contribution in [-0.2, 0) is 0 Å². The molecule has 0 amide bonds. The summed E-state index contributed by atoms with van der Waals surface area (Å²) in [5.74, 6) is 0. The van der Waals surface area contributed by atoms with Gasteiger partial charge in [-0.3, -0.25) is 0 Å². The lowest BCUT2D eigenvalue weighted by molar-refractivity contribution is 1.13. The smallest absolute Gasteiger partial charge is 0.0908 e. The van der Waals surface area contributed by atoms with Crippen LogP contribution in [0.15, 0.2) is 41.0 Å². The van der Waals surface area contributed by atoms with Crippen molar-refractivity contribution in [3.63, 3.8) is 0 Å². The zero-order valence-corrected chi connectivity index (χ0v) is 7.33. The highest BCUT2D eigenvalue weighted by Crippen LogP contribution is 2.18. The monoisotopic (exact) mass is 160 g/mol. The quantitative estimate of drug-likeness (QED) is 0.643. The Balaban J connectivity index is 3.14. The van der Waals surface area contributed by atoms with E-state index in [-0.39, 0.29) is 0 Å². The molecule has 0 aromatic heterocycles. The number of benzene rings is 1. The number of hydrogen-bond donors (Lipinski definition) is 1. The fraction of sp³-hybridized carbons (Fsp3) is 0.200. The van der Waals surface area contributed by atoms with Crippen LogP contribution in [0.3, 0.4) is 0 Å². The first-order chi connectivity index (χ1) is 5.75. The summed E-state index contributed by atoms with van der Waals surface area (Å²) in [6, 6.07) is 9.77. The van der Waals surface area contributed by atoms with Crippen LogP contribution in [0.1, 0.15) is 19.4 Å². The highest BCUT2D eigenvalue weighted by atomic mass is 15.0. The molecule has 1 aromatic carbocycles. The minimum Gasteiger partial charge on any atom is -0.204 e. The normalized spacial score (nSPS) is 9.17. The Morgan fingerprint density at radius 2 is 1.75 bits per heavy atom. The van der Waals surface area contributed by atoms with Gasteiger partial charge in [0.25, 0.3) is 0 Å². The number of allylic oxidation sites excluding steroid dienone is 1. The van der Waals surface area contributed by atoms with Crippen molar-refractivity contribution < 1.29 is 0 Å². The summed E-state index contributed by atoms with van der Waals surface area (Å²) in [7, 11) is 0. The summed E-state index contributed by atoms with van der Waals surface area (Å²) in [5.41, 5.74) is 9.83. The highest BCUT2D eigenvalue weighted by molar-refractivity contribution is 5.66. The molecule has 0 radical (unpaired) electrons. The van der Waals surface area contributed by atoms with Gasteiger partial charge in [-0.2, -0.15) is 5.11 Å². The van der Waals surface area contributed by atoms with Crippen LogP contribution in [0.25, 0.3) is 5.70 Å². The molecule has 0 aliphatic carbocycles. The van der Waals surface area contributed by atoms with Gasteiger partial charge in [0.05, 0.1) is 5.70 Å². The third kappa shape index (κ3) is 1.78. The first-order valence-electron chi connectivity index (χ1n) is 3.86. The maximum Gasteiger partial charge on any atom is 0.0908 e. The molecule has 0 saturated heterocycles. The molecule has 0 heterocycles. The molecule has 0 bridgehead atoms. The molecule has 0 unspecified atom stereocenters. The second kappa shape index (κ2) is 3.81. The van der Waals surface area contributed by atoms with Crippen molar-refractivity contribution in [2.75, 3.05) is 0 Å². The van der Waals surface area contributed by atoms with E-state index in [1.165, 1.54) is 0 Å². The molecule has 0 aliphatic heterocycles. The van der Waals surface area contributed by atoms with Crippen LogP contribution in [0.5, 0.6) is 0 Å². The molecule has 0 fully saturated rings. The molecule has 0 atom stereocenters. The maximum absolute atomic E-state index is 6.99. The molecule has 12 heavy (non-hydrogen) atoms. The summed E-state index contributed by atoms with van der Waals surface area (Å²) in [6.07, 6.45) is 0. The second-order valence-corrected chi connectivity index (χ2v) is 2.83. The second-order valence-electron chi connectivity index (χ2n) is 2.83. The summed E-state index contributed by atoms with van der Waals surface area (Å²) in [5, 5.41) is 3.49. The van der Waals surface area contributed by atoms with E-state index >= 15 is 0 Å². The SMILES string of the molecule is CC(C)=C(N=N)c1ccccc1. The van der Waals surface area contributed by atoms with Gasteiger partial charge < -0.3 is 0 Å². The molecule has 0 aliphatic rings. The Morgan fingerprint density at radius 1 is 1.17 bits per heavy atom. The molecular weight excluding hydrogens is 148 g/mol. The highest BCUT2D eigenvalue weighted by Gasteiger charge is 1.99. The van der Waals surface area contributed by atoms with Gasteiger partial charge in [0.1, 0.15) is 0 Å². The number of nitrogens with zero attached hydrogens (tertiary/aromatic N) is 1. The van der Waals surface area contributed by atoms with Crippen molar-refractivity contribution in [1.29, 1.82) is 5.53 Å². The predicted molar refractivity (Wildman–Crippen MR) is 49.9 cm³/mol. The minimum atomic E-state index is 0.760. The average molecular weight is 160 g/mol. The topological polar surface area (TPSA) is 36.2 Å². The van der Waals surface area contributed by atoms with Crippen LogP contribution in [0.2, 0.25) is 0 Å². The van der Waals surface area contributed by atoms with E-state index in [2.05, 4.69) is 5.11 Å². The predicted octanol–water partition coefficient (Wildman–Crippen LogP) is 3.47. The van der Waals surface area contributed by atoms with Crippen molar-refractivity contribution in [1.82, 2.24) is 0 Å². The summed E-state index contributed by atoms with van der Waals surface area (Å²) >= 11 is 0. The molecule has 0 saturated carbocycles. The molecule has 1 rings (SSSR count). The fourth-order valence-electron chi connectivity index (χ4n) is 1.06. The Morgan fingerprint density at radius 3 is 2.17 bits per heavy atom. The molecule has 0 spiro atoms. The van der Waals surface area contributed by atoms with Gasteiger partial charge >= 0.3 is 0 Å². The van der Waals surface area contributed by atoms with Crippen LogP contribution in [0, 0.1) is 5.53 Å². The fourth-order valence-corrected chi connectivity index (χ4v) is 1.06. The first kappa shape index (κ1) is 8.65. The minimum absolute atomic E-state index is 0.760. The standard InChI is InChI=1S/C10H12N2/c1-8(2)10(12-11)9-6-4-3-5-7-9/h3-7,11H,1-2H3. The lowest BCUT2D eigenvalue weighted by Gasteiger charge is -2.01.